The van der Waals surface area contributed by atoms with Crippen LogP contribution in [0.2, 0.25) is 5.15 Å². The first-order valence-corrected chi connectivity index (χ1v) is 7.77. The monoisotopic (exact) mass is 332 g/mol. The molecule has 0 atom stereocenters. The fraction of sp³-hybridized carbons (Fsp3) is 0.312. The standard InChI is InChI=1S/C16H17ClN4O2/c17-15-9-13(10-18-19-15)12-1-3-14(4-2-12)21-7-5-20(6-8-21)11-16(22)23/h1-4,9-10H,5-8,11H2,(H,22,23). The molecule has 1 aromatic heterocycles. The van der Waals surface area contributed by atoms with Crippen LogP contribution in [0, 0.1) is 0 Å². The molecule has 0 bridgehead atoms. The topological polar surface area (TPSA) is 69.6 Å². The van der Waals surface area contributed by atoms with E-state index in [1.165, 1.54) is 0 Å². The summed E-state index contributed by atoms with van der Waals surface area (Å²) in [6, 6.07) is 9.99. The van der Waals surface area contributed by atoms with Crippen molar-refractivity contribution >= 4 is 23.3 Å². The average Bonchev–Trinajstić information content (AvgIpc) is 2.55. The third-order valence-electron chi connectivity index (χ3n) is 3.92. The number of benzene rings is 1. The smallest absolute Gasteiger partial charge is 0.317 e. The van der Waals surface area contributed by atoms with Crippen LogP contribution in [0.1, 0.15) is 0 Å². The Labute approximate surface area is 139 Å². The minimum Gasteiger partial charge on any atom is -0.480 e. The van der Waals surface area contributed by atoms with Gasteiger partial charge in [0.25, 0.3) is 0 Å². The van der Waals surface area contributed by atoms with Crippen LogP contribution in [0.15, 0.2) is 36.5 Å². The van der Waals surface area contributed by atoms with Crippen molar-refractivity contribution in [2.45, 2.75) is 0 Å². The van der Waals surface area contributed by atoms with Crippen LogP contribution < -0.4 is 4.90 Å². The molecular weight excluding hydrogens is 316 g/mol. The zero-order valence-electron chi connectivity index (χ0n) is 12.5. The quantitative estimate of drug-likeness (QED) is 0.923. The Hall–Kier alpha value is -2.18. The van der Waals surface area contributed by atoms with E-state index in [9.17, 15) is 4.79 Å². The molecule has 1 saturated heterocycles. The van der Waals surface area contributed by atoms with Crippen molar-refractivity contribution in [1.82, 2.24) is 15.1 Å². The highest BCUT2D eigenvalue weighted by atomic mass is 35.5. The first-order chi connectivity index (χ1) is 11.1. The molecule has 1 fully saturated rings. The number of hydrogen-bond donors (Lipinski definition) is 1. The van der Waals surface area contributed by atoms with E-state index in [1.807, 2.05) is 17.0 Å². The van der Waals surface area contributed by atoms with Crippen molar-refractivity contribution < 1.29 is 9.90 Å². The molecule has 3 rings (SSSR count). The summed E-state index contributed by atoms with van der Waals surface area (Å²) < 4.78 is 0. The number of carboxylic acids is 1. The molecule has 0 aliphatic carbocycles. The molecule has 1 aliphatic rings. The van der Waals surface area contributed by atoms with Crippen molar-refractivity contribution in [2.24, 2.45) is 0 Å². The van der Waals surface area contributed by atoms with E-state index in [2.05, 4.69) is 27.2 Å². The van der Waals surface area contributed by atoms with E-state index in [0.29, 0.717) is 5.15 Å². The predicted molar refractivity (Wildman–Crippen MR) is 88.8 cm³/mol. The molecule has 0 unspecified atom stereocenters. The van der Waals surface area contributed by atoms with Gasteiger partial charge in [-0.15, -0.1) is 5.10 Å². The molecule has 1 aliphatic heterocycles. The molecule has 2 heterocycles. The van der Waals surface area contributed by atoms with E-state index >= 15 is 0 Å². The number of hydrogen-bond acceptors (Lipinski definition) is 5. The van der Waals surface area contributed by atoms with E-state index in [-0.39, 0.29) is 6.54 Å². The zero-order chi connectivity index (χ0) is 16.2. The van der Waals surface area contributed by atoms with Gasteiger partial charge in [0.05, 0.1) is 12.7 Å². The summed E-state index contributed by atoms with van der Waals surface area (Å²) >= 11 is 5.87. The second kappa shape index (κ2) is 6.93. The Morgan fingerprint density at radius 1 is 1.13 bits per heavy atom. The SMILES string of the molecule is O=C(O)CN1CCN(c2ccc(-c3cnnc(Cl)c3)cc2)CC1. The van der Waals surface area contributed by atoms with Gasteiger partial charge in [0, 0.05) is 37.4 Å². The Bertz CT molecular complexity index is 685. The van der Waals surface area contributed by atoms with Gasteiger partial charge in [0.2, 0.25) is 0 Å². The highest BCUT2D eigenvalue weighted by molar-refractivity contribution is 6.29. The van der Waals surface area contributed by atoms with Gasteiger partial charge in [-0.25, -0.2) is 0 Å². The summed E-state index contributed by atoms with van der Waals surface area (Å²) in [6.07, 6.45) is 1.69. The number of anilines is 1. The van der Waals surface area contributed by atoms with Crippen LogP contribution in [-0.4, -0.2) is 58.9 Å². The van der Waals surface area contributed by atoms with Crippen LogP contribution in [0.3, 0.4) is 0 Å². The molecule has 23 heavy (non-hydrogen) atoms. The molecule has 6 nitrogen and oxygen atoms in total. The minimum absolute atomic E-state index is 0.114. The van der Waals surface area contributed by atoms with Crippen molar-refractivity contribution in [2.75, 3.05) is 37.6 Å². The van der Waals surface area contributed by atoms with Crippen LogP contribution in [0.25, 0.3) is 11.1 Å². The number of aromatic nitrogens is 2. The van der Waals surface area contributed by atoms with Gasteiger partial charge < -0.3 is 10.0 Å². The fourth-order valence-corrected chi connectivity index (χ4v) is 2.88. The lowest BCUT2D eigenvalue weighted by Gasteiger charge is -2.35. The lowest BCUT2D eigenvalue weighted by molar-refractivity contribution is -0.138. The van der Waals surface area contributed by atoms with Crippen molar-refractivity contribution in [1.29, 1.82) is 0 Å². The highest BCUT2D eigenvalue weighted by Crippen LogP contribution is 2.24. The summed E-state index contributed by atoms with van der Waals surface area (Å²) in [7, 11) is 0. The van der Waals surface area contributed by atoms with Gasteiger partial charge in [0.15, 0.2) is 5.15 Å². The summed E-state index contributed by atoms with van der Waals surface area (Å²) in [5.74, 6) is -0.771. The molecule has 1 aromatic carbocycles. The molecule has 0 radical (unpaired) electrons. The highest BCUT2D eigenvalue weighted by Gasteiger charge is 2.18. The average molecular weight is 333 g/mol. The van der Waals surface area contributed by atoms with Crippen molar-refractivity contribution in [3.8, 4) is 11.1 Å². The molecule has 0 saturated carbocycles. The molecule has 7 heteroatoms. The third-order valence-corrected chi connectivity index (χ3v) is 4.11. The summed E-state index contributed by atoms with van der Waals surface area (Å²) in [5, 5.41) is 16.8. The predicted octanol–water partition coefficient (Wildman–Crippen LogP) is 2.00. The van der Waals surface area contributed by atoms with Gasteiger partial charge in [0.1, 0.15) is 0 Å². The molecule has 2 aromatic rings. The molecular formula is C16H17ClN4O2. The first-order valence-electron chi connectivity index (χ1n) is 7.39. The summed E-state index contributed by atoms with van der Waals surface area (Å²) in [5.41, 5.74) is 3.11. The second-order valence-electron chi connectivity index (χ2n) is 5.47. The minimum atomic E-state index is -0.771. The van der Waals surface area contributed by atoms with Crippen LogP contribution in [0.5, 0.6) is 0 Å². The number of halogens is 1. The number of aliphatic carboxylic acids is 1. The van der Waals surface area contributed by atoms with Crippen molar-refractivity contribution in [3.05, 3.63) is 41.7 Å². The molecule has 0 amide bonds. The number of rotatable bonds is 4. The Morgan fingerprint density at radius 2 is 1.83 bits per heavy atom. The lowest BCUT2D eigenvalue weighted by atomic mass is 10.1. The first kappa shape index (κ1) is 15.7. The molecule has 120 valence electrons. The number of carbonyl (C=O) groups is 1. The van der Waals surface area contributed by atoms with Crippen LogP contribution in [-0.2, 0) is 4.79 Å². The van der Waals surface area contributed by atoms with E-state index in [1.54, 1.807) is 12.3 Å². The number of nitrogens with zero attached hydrogens (tertiary/aromatic N) is 4. The summed E-state index contributed by atoms with van der Waals surface area (Å²) in [6.45, 7) is 3.29. The number of piperazine rings is 1. The maximum Gasteiger partial charge on any atom is 0.317 e. The van der Waals surface area contributed by atoms with E-state index in [4.69, 9.17) is 16.7 Å². The van der Waals surface area contributed by atoms with E-state index < -0.39 is 5.97 Å². The maximum absolute atomic E-state index is 10.7. The van der Waals surface area contributed by atoms with E-state index in [0.717, 1.165) is 43.0 Å². The van der Waals surface area contributed by atoms with Gasteiger partial charge in [-0.05, 0) is 23.8 Å². The van der Waals surface area contributed by atoms with Crippen molar-refractivity contribution in [3.63, 3.8) is 0 Å². The maximum atomic E-state index is 10.7. The van der Waals surface area contributed by atoms with Gasteiger partial charge >= 0.3 is 5.97 Å². The Balaban J connectivity index is 1.65. The van der Waals surface area contributed by atoms with Crippen LogP contribution >= 0.6 is 11.6 Å². The van der Waals surface area contributed by atoms with Gasteiger partial charge in [-0.3, -0.25) is 9.69 Å². The molecule has 1 N–H and O–H groups in total. The zero-order valence-corrected chi connectivity index (χ0v) is 13.3. The largest absolute Gasteiger partial charge is 0.480 e. The number of carboxylic acid groups (broad SMARTS) is 1. The normalized spacial score (nSPS) is 15.6. The van der Waals surface area contributed by atoms with Gasteiger partial charge in [-0.2, -0.15) is 5.10 Å². The Morgan fingerprint density at radius 3 is 2.43 bits per heavy atom. The van der Waals surface area contributed by atoms with Gasteiger partial charge in [-0.1, -0.05) is 23.7 Å². The lowest BCUT2D eigenvalue weighted by Crippen LogP contribution is -2.47. The van der Waals surface area contributed by atoms with Crippen LogP contribution in [0.4, 0.5) is 5.69 Å². The second-order valence-corrected chi connectivity index (χ2v) is 5.86. The third kappa shape index (κ3) is 3.97. The Kier molecular flexibility index (Phi) is 4.73. The molecule has 0 spiro atoms. The summed E-state index contributed by atoms with van der Waals surface area (Å²) in [4.78, 5) is 15.0. The fourth-order valence-electron chi connectivity index (χ4n) is 2.72.